The SMILES string of the molecule is CC(=O)/C(=C\N(C)C)C(=O)NNC(=O)C(Nc1ccc(C(=N)N)cc1)c1ccc(OC(C)C)c(N=O)c1. The summed E-state index contributed by atoms with van der Waals surface area (Å²) in [5.74, 6) is -1.82. The number of benzene rings is 2. The van der Waals surface area contributed by atoms with Crippen LogP contribution in [0.3, 0.4) is 0 Å². The van der Waals surface area contributed by atoms with Crippen LogP contribution in [0.5, 0.6) is 5.75 Å². The number of anilines is 1. The number of nitrogen functional groups attached to an aromatic ring is 1. The number of ketones is 1. The maximum atomic E-state index is 13.2. The van der Waals surface area contributed by atoms with E-state index in [0.29, 0.717) is 16.8 Å². The van der Waals surface area contributed by atoms with Crippen LogP contribution in [-0.2, 0) is 14.4 Å². The first-order valence-electron chi connectivity index (χ1n) is 11.3. The molecular formula is C25H31N7O5. The molecule has 0 fully saturated rings. The number of hydrazine groups is 1. The van der Waals surface area contributed by atoms with Crippen LogP contribution in [-0.4, -0.2) is 48.5 Å². The first-order chi connectivity index (χ1) is 17.4. The molecule has 0 radical (unpaired) electrons. The van der Waals surface area contributed by atoms with Crippen molar-refractivity contribution in [1.82, 2.24) is 15.8 Å². The Morgan fingerprint density at radius 2 is 1.73 bits per heavy atom. The zero-order chi connectivity index (χ0) is 27.7. The molecule has 0 heterocycles. The van der Waals surface area contributed by atoms with E-state index in [-0.39, 0.29) is 28.9 Å². The summed E-state index contributed by atoms with van der Waals surface area (Å²) in [6.45, 7) is 4.84. The standard InChI is InChI=1S/C25H31N7O5/c1-14(2)37-21-11-8-17(12-20(21)31-36)22(28-18-9-6-16(7-10-18)23(26)27)25(35)30-29-24(34)19(15(3)33)13-32(4)5/h6-14,22,28H,1-5H3,(H3,26,27)(H,29,34)(H,30,35)/b19-13+. The largest absolute Gasteiger partial charge is 0.489 e. The maximum Gasteiger partial charge on any atom is 0.274 e. The van der Waals surface area contributed by atoms with E-state index in [2.05, 4.69) is 21.3 Å². The van der Waals surface area contributed by atoms with Gasteiger partial charge >= 0.3 is 0 Å². The van der Waals surface area contributed by atoms with Crippen LogP contribution < -0.4 is 26.6 Å². The van der Waals surface area contributed by atoms with Gasteiger partial charge in [0.1, 0.15) is 23.3 Å². The third-order valence-electron chi connectivity index (χ3n) is 4.86. The average Bonchev–Trinajstić information content (AvgIpc) is 2.84. The summed E-state index contributed by atoms with van der Waals surface area (Å²) in [7, 11) is 3.30. The van der Waals surface area contributed by atoms with Crippen LogP contribution in [0, 0.1) is 10.3 Å². The molecule has 0 aromatic heterocycles. The van der Waals surface area contributed by atoms with Crippen LogP contribution in [0.2, 0.25) is 0 Å². The molecule has 12 nitrogen and oxygen atoms in total. The molecule has 0 aliphatic heterocycles. The molecule has 1 atom stereocenters. The van der Waals surface area contributed by atoms with Crippen molar-refractivity contribution < 1.29 is 19.1 Å². The molecule has 2 amide bonds. The second kappa shape index (κ2) is 12.8. The summed E-state index contributed by atoms with van der Waals surface area (Å²) in [5.41, 5.74) is 11.2. The molecule has 0 spiro atoms. The first-order valence-corrected chi connectivity index (χ1v) is 11.3. The molecule has 0 aliphatic rings. The zero-order valence-corrected chi connectivity index (χ0v) is 21.3. The molecule has 2 aromatic carbocycles. The fraction of sp³-hybridized carbons (Fsp3) is 0.280. The molecule has 2 rings (SSSR count). The van der Waals surface area contributed by atoms with Crippen LogP contribution in [0.1, 0.15) is 37.9 Å². The van der Waals surface area contributed by atoms with Gasteiger partial charge in [0.25, 0.3) is 11.8 Å². The smallest absolute Gasteiger partial charge is 0.274 e. The lowest BCUT2D eigenvalue weighted by Gasteiger charge is -2.21. The normalized spacial score (nSPS) is 11.8. The topological polar surface area (TPSA) is 179 Å². The number of ether oxygens (including phenoxy) is 1. The van der Waals surface area contributed by atoms with Crippen molar-refractivity contribution in [3.8, 4) is 5.75 Å². The Bertz CT molecular complexity index is 1210. The van der Waals surface area contributed by atoms with Crippen LogP contribution in [0.4, 0.5) is 11.4 Å². The third kappa shape index (κ3) is 8.16. The van der Waals surface area contributed by atoms with E-state index in [4.69, 9.17) is 15.9 Å². The highest BCUT2D eigenvalue weighted by Crippen LogP contribution is 2.32. The number of hydrogen-bond acceptors (Lipinski definition) is 9. The highest BCUT2D eigenvalue weighted by Gasteiger charge is 2.24. The van der Waals surface area contributed by atoms with Gasteiger partial charge in [-0.05, 0) is 67.9 Å². The van der Waals surface area contributed by atoms with Gasteiger partial charge in [-0.2, -0.15) is 0 Å². The number of nitrogens with zero attached hydrogens (tertiary/aromatic N) is 2. The van der Waals surface area contributed by atoms with Gasteiger partial charge in [-0.25, -0.2) is 0 Å². The predicted molar refractivity (Wildman–Crippen MR) is 140 cm³/mol. The van der Waals surface area contributed by atoms with E-state index >= 15 is 0 Å². The highest BCUT2D eigenvalue weighted by molar-refractivity contribution is 6.18. The zero-order valence-electron chi connectivity index (χ0n) is 21.3. The molecule has 2 aromatic rings. The second-order valence-electron chi connectivity index (χ2n) is 8.56. The third-order valence-corrected chi connectivity index (χ3v) is 4.86. The van der Waals surface area contributed by atoms with E-state index in [0.717, 1.165) is 0 Å². The molecule has 0 saturated heterocycles. The molecule has 37 heavy (non-hydrogen) atoms. The minimum absolute atomic E-state index is 0.00505. The number of nitrogens with two attached hydrogens (primary N) is 1. The number of nitroso groups, excluding NO2 is 1. The van der Waals surface area contributed by atoms with E-state index in [1.54, 1.807) is 58.3 Å². The molecule has 0 aliphatic carbocycles. The van der Waals surface area contributed by atoms with Gasteiger partial charge < -0.3 is 20.7 Å². The Kier molecular flexibility index (Phi) is 9.87. The molecular weight excluding hydrogens is 478 g/mol. The summed E-state index contributed by atoms with van der Waals surface area (Å²) < 4.78 is 5.60. The summed E-state index contributed by atoms with van der Waals surface area (Å²) in [4.78, 5) is 50.6. The van der Waals surface area contributed by atoms with Crippen molar-refractivity contribution in [2.75, 3.05) is 19.4 Å². The summed E-state index contributed by atoms with van der Waals surface area (Å²) in [5, 5.41) is 13.6. The quantitative estimate of drug-likeness (QED) is 0.0583. The number of amidine groups is 1. The van der Waals surface area contributed by atoms with E-state index in [1.165, 1.54) is 30.2 Å². The Hall–Kier alpha value is -4.74. The molecule has 0 saturated carbocycles. The second-order valence-corrected chi connectivity index (χ2v) is 8.56. The number of nitrogens with one attached hydrogen (secondary N) is 4. The van der Waals surface area contributed by atoms with E-state index in [9.17, 15) is 19.3 Å². The Labute approximate surface area is 214 Å². The highest BCUT2D eigenvalue weighted by atomic mass is 16.5. The van der Waals surface area contributed by atoms with Gasteiger partial charge in [-0.15, -0.1) is 4.91 Å². The van der Waals surface area contributed by atoms with Gasteiger partial charge in [-0.1, -0.05) is 6.07 Å². The maximum absolute atomic E-state index is 13.2. The molecule has 6 N–H and O–H groups in total. The van der Waals surface area contributed by atoms with Crippen LogP contribution in [0.15, 0.2) is 59.4 Å². The Morgan fingerprint density at radius 3 is 2.24 bits per heavy atom. The number of carbonyl (C=O) groups excluding carboxylic acids is 3. The van der Waals surface area contributed by atoms with Crippen molar-refractivity contribution in [2.24, 2.45) is 10.9 Å². The lowest BCUT2D eigenvalue weighted by atomic mass is 10.0. The molecule has 196 valence electrons. The molecule has 0 bridgehead atoms. The van der Waals surface area contributed by atoms with Crippen molar-refractivity contribution in [1.29, 1.82) is 5.41 Å². The summed E-state index contributed by atoms with van der Waals surface area (Å²) in [6, 6.07) is 9.87. The summed E-state index contributed by atoms with van der Waals surface area (Å²) >= 11 is 0. The lowest BCUT2D eigenvalue weighted by Crippen LogP contribution is -2.46. The minimum atomic E-state index is -1.10. The number of hydrogen-bond donors (Lipinski definition) is 5. The molecule has 12 heteroatoms. The van der Waals surface area contributed by atoms with Crippen molar-refractivity contribution in [3.63, 3.8) is 0 Å². The minimum Gasteiger partial charge on any atom is -0.489 e. The van der Waals surface area contributed by atoms with Gasteiger partial charge in [0, 0.05) is 31.5 Å². The van der Waals surface area contributed by atoms with Gasteiger partial charge in [0.05, 0.1) is 11.7 Å². The summed E-state index contributed by atoms with van der Waals surface area (Å²) in [6.07, 6.45) is 1.13. The van der Waals surface area contributed by atoms with Gasteiger partial charge in [0.15, 0.2) is 5.78 Å². The van der Waals surface area contributed by atoms with Crippen molar-refractivity contribution in [2.45, 2.75) is 32.9 Å². The number of carbonyl (C=O) groups is 3. The number of rotatable bonds is 11. The van der Waals surface area contributed by atoms with E-state index in [1.807, 2.05) is 0 Å². The monoisotopic (exact) mass is 509 g/mol. The van der Waals surface area contributed by atoms with Gasteiger partial charge in [-0.3, -0.25) is 30.6 Å². The van der Waals surface area contributed by atoms with E-state index < -0.39 is 23.6 Å². The fourth-order valence-corrected chi connectivity index (χ4v) is 3.18. The van der Waals surface area contributed by atoms with Crippen LogP contribution >= 0.6 is 0 Å². The number of Topliss-reactive ketones (excluding diaryl/α,β-unsaturated/α-hetero) is 1. The Balaban J connectivity index is 2.38. The average molecular weight is 510 g/mol. The molecule has 1 unspecified atom stereocenters. The predicted octanol–water partition coefficient (Wildman–Crippen LogP) is 2.49. The van der Waals surface area contributed by atoms with Gasteiger partial charge in [0.2, 0.25) is 0 Å². The van der Waals surface area contributed by atoms with Crippen molar-refractivity contribution >= 4 is 34.8 Å². The first kappa shape index (κ1) is 28.5. The number of amides is 2. The van der Waals surface area contributed by atoms with Crippen LogP contribution in [0.25, 0.3) is 0 Å². The Morgan fingerprint density at radius 1 is 1.08 bits per heavy atom. The fourth-order valence-electron chi connectivity index (χ4n) is 3.18. The lowest BCUT2D eigenvalue weighted by molar-refractivity contribution is -0.129. The van der Waals surface area contributed by atoms with Crippen molar-refractivity contribution in [3.05, 3.63) is 70.3 Å².